The van der Waals surface area contributed by atoms with Crippen LogP contribution in [0.1, 0.15) is 44.9 Å². The number of piperidine rings is 1. The van der Waals surface area contributed by atoms with Crippen molar-refractivity contribution in [2.75, 3.05) is 33.4 Å². The molecule has 2 saturated heterocycles. The van der Waals surface area contributed by atoms with Gasteiger partial charge in [-0.15, -0.1) is 24.0 Å². The van der Waals surface area contributed by atoms with Crippen LogP contribution in [0.2, 0.25) is 0 Å². The molecule has 1 atom stereocenters. The molecule has 0 aromatic carbocycles. The molecule has 0 aromatic heterocycles. The van der Waals surface area contributed by atoms with Crippen molar-refractivity contribution in [3.05, 3.63) is 0 Å². The van der Waals surface area contributed by atoms with Crippen molar-refractivity contribution in [2.45, 2.75) is 63.2 Å². The maximum absolute atomic E-state index is 6.07. The number of guanidine groups is 1. The Bertz CT molecular complexity index is 349. The molecule has 1 N–H and O–H groups in total. The van der Waals surface area contributed by atoms with Crippen molar-refractivity contribution >= 4 is 29.9 Å². The lowest BCUT2D eigenvalue weighted by atomic mass is 10.1. The first-order valence-corrected chi connectivity index (χ1v) is 8.56. The van der Waals surface area contributed by atoms with Gasteiger partial charge in [0.2, 0.25) is 0 Å². The van der Waals surface area contributed by atoms with Gasteiger partial charge in [-0.1, -0.05) is 0 Å². The fraction of sp³-hybridized carbons (Fsp3) is 0.938. The van der Waals surface area contributed by atoms with E-state index in [4.69, 9.17) is 9.47 Å². The SMILES string of the molecule is CN=C(NC1CC1)N1CCC(OCC2CCCCO2)CC1.I. The first-order valence-electron chi connectivity index (χ1n) is 8.56. The van der Waals surface area contributed by atoms with Gasteiger partial charge in [0.05, 0.1) is 18.8 Å². The van der Waals surface area contributed by atoms with E-state index in [0.29, 0.717) is 18.2 Å². The summed E-state index contributed by atoms with van der Waals surface area (Å²) in [5.74, 6) is 1.08. The normalized spacial score (nSPS) is 27.4. The summed E-state index contributed by atoms with van der Waals surface area (Å²) in [4.78, 5) is 6.78. The van der Waals surface area contributed by atoms with E-state index in [1.807, 2.05) is 7.05 Å². The number of nitrogens with one attached hydrogen (secondary N) is 1. The smallest absolute Gasteiger partial charge is 0.193 e. The lowest BCUT2D eigenvalue weighted by Crippen LogP contribution is -2.47. The molecule has 3 fully saturated rings. The van der Waals surface area contributed by atoms with Gasteiger partial charge in [0, 0.05) is 32.8 Å². The largest absolute Gasteiger partial charge is 0.376 e. The molecule has 0 bridgehead atoms. The zero-order valence-corrected chi connectivity index (χ0v) is 16.0. The highest BCUT2D eigenvalue weighted by Gasteiger charge is 2.27. The number of hydrogen-bond acceptors (Lipinski definition) is 3. The van der Waals surface area contributed by atoms with Gasteiger partial charge < -0.3 is 19.7 Å². The Morgan fingerprint density at radius 3 is 2.55 bits per heavy atom. The molecule has 128 valence electrons. The predicted octanol–water partition coefficient (Wildman–Crippen LogP) is 2.39. The van der Waals surface area contributed by atoms with E-state index < -0.39 is 0 Å². The number of ether oxygens (including phenoxy) is 2. The highest BCUT2D eigenvalue weighted by Crippen LogP contribution is 2.21. The van der Waals surface area contributed by atoms with Crippen LogP contribution in [0.5, 0.6) is 0 Å². The van der Waals surface area contributed by atoms with E-state index >= 15 is 0 Å². The lowest BCUT2D eigenvalue weighted by Gasteiger charge is -2.35. The Labute approximate surface area is 151 Å². The summed E-state index contributed by atoms with van der Waals surface area (Å²) in [6.07, 6.45) is 9.16. The van der Waals surface area contributed by atoms with Crippen molar-refractivity contribution in [3.8, 4) is 0 Å². The Morgan fingerprint density at radius 1 is 1.18 bits per heavy atom. The first kappa shape index (κ1) is 18.3. The standard InChI is InChI=1S/C16H29N3O2.HI/c1-17-16(18-13-5-6-13)19-9-7-14(8-10-19)21-12-15-4-2-3-11-20-15;/h13-15H,2-12H2,1H3,(H,17,18);1H. The molecule has 1 saturated carbocycles. The van der Waals surface area contributed by atoms with Crippen LogP contribution in [0.15, 0.2) is 4.99 Å². The van der Waals surface area contributed by atoms with Crippen LogP contribution >= 0.6 is 24.0 Å². The third-order valence-corrected chi connectivity index (χ3v) is 4.66. The number of rotatable bonds is 4. The number of likely N-dealkylation sites (tertiary alicyclic amines) is 1. The topological polar surface area (TPSA) is 46.1 Å². The lowest BCUT2D eigenvalue weighted by molar-refractivity contribution is -0.0721. The second kappa shape index (κ2) is 9.27. The van der Waals surface area contributed by atoms with Gasteiger partial charge in [0.15, 0.2) is 5.96 Å². The van der Waals surface area contributed by atoms with E-state index in [0.717, 1.165) is 51.5 Å². The summed E-state index contributed by atoms with van der Waals surface area (Å²) in [5, 5.41) is 3.52. The number of aliphatic imine (C=N–C) groups is 1. The van der Waals surface area contributed by atoms with E-state index in [2.05, 4.69) is 15.2 Å². The van der Waals surface area contributed by atoms with E-state index in [1.165, 1.54) is 25.7 Å². The van der Waals surface area contributed by atoms with Crippen LogP contribution in [-0.2, 0) is 9.47 Å². The highest BCUT2D eigenvalue weighted by atomic mass is 127. The Hall–Kier alpha value is -0.0800. The molecule has 1 unspecified atom stereocenters. The van der Waals surface area contributed by atoms with Crippen LogP contribution in [0.4, 0.5) is 0 Å². The van der Waals surface area contributed by atoms with Gasteiger partial charge in [0.1, 0.15) is 0 Å². The van der Waals surface area contributed by atoms with E-state index in [1.54, 1.807) is 0 Å². The van der Waals surface area contributed by atoms with Crippen molar-refractivity contribution in [1.29, 1.82) is 0 Å². The summed E-state index contributed by atoms with van der Waals surface area (Å²) in [6.45, 7) is 3.78. The predicted molar refractivity (Wildman–Crippen MR) is 99.1 cm³/mol. The second-order valence-electron chi connectivity index (χ2n) is 6.47. The molecule has 2 heterocycles. The zero-order valence-electron chi connectivity index (χ0n) is 13.6. The fourth-order valence-electron chi connectivity index (χ4n) is 3.12. The van der Waals surface area contributed by atoms with Crippen molar-refractivity contribution in [1.82, 2.24) is 10.2 Å². The molecule has 22 heavy (non-hydrogen) atoms. The third kappa shape index (κ3) is 5.53. The minimum Gasteiger partial charge on any atom is -0.376 e. The summed E-state index contributed by atoms with van der Waals surface area (Å²) in [6, 6.07) is 0.668. The van der Waals surface area contributed by atoms with Crippen LogP contribution in [0.3, 0.4) is 0 Å². The molecule has 0 amide bonds. The molecule has 2 aliphatic heterocycles. The summed E-state index contributed by atoms with van der Waals surface area (Å²) in [5.41, 5.74) is 0. The Morgan fingerprint density at radius 2 is 1.95 bits per heavy atom. The van der Waals surface area contributed by atoms with Gasteiger partial charge in [-0.25, -0.2) is 0 Å². The molecule has 1 aliphatic carbocycles. The quantitative estimate of drug-likeness (QED) is 0.429. The van der Waals surface area contributed by atoms with Gasteiger partial charge in [-0.3, -0.25) is 4.99 Å². The maximum Gasteiger partial charge on any atom is 0.193 e. The molecule has 0 radical (unpaired) electrons. The van der Waals surface area contributed by atoms with Crippen LogP contribution < -0.4 is 5.32 Å². The summed E-state index contributed by atoms with van der Waals surface area (Å²) in [7, 11) is 1.88. The third-order valence-electron chi connectivity index (χ3n) is 4.66. The average molecular weight is 423 g/mol. The van der Waals surface area contributed by atoms with Crippen molar-refractivity contribution < 1.29 is 9.47 Å². The van der Waals surface area contributed by atoms with E-state index in [-0.39, 0.29) is 24.0 Å². The molecule has 0 spiro atoms. The maximum atomic E-state index is 6.07. The van der Waals surface area contributed by atoms with Crippen LogP contribution in [0, 0.1) is 0 Å². The van der Waals surface area contributed by atoms with Gasteiger partial charge in [0.25, 0.3) is 0 Å². The molecule has 0 aromatic rings. The first-order chi connectivity index (χ1) is 10.3. The molecule has 3 rings (SSSR count). The average Bonchev–Trinajstić information content (AvgIpc) is 3.36. The Kier molecular flexibility index (Phi) is 7.70. The minimum atomic E-state index is 0. The number of hydrogen-bond donors (Lipinski definition) is 1. The zero-order chi connectivity index (χ0) is 14.5. The van der Waals surface area contributed by atoms with E-state index in [9.17, 15) is 0 Å². The minimum absolute atomic E-state index is 0. The highest BCUT2D eigenvalue weighted by molar-refractivity contribution is 14.0. The van der Waals surface area contributed by atoms with Crippen molar-refractivity contribution in [3.63, 3.8) is 0 Å². The van der Waals surface area contributed by atoms with Crippen molar-refractivity contribution in [2.24, 2.45) is 4.99 Å². The van der Waals surface area contributed by atoms with Gasteiger partial charge in [-0.2, -0.15) is 0 Å². The Balaban J connectivity index is 0.00000176. The number of nitrogens with zero attached hydrogens (tertiary/aromatic N) is 2. The van der Waals surface area contributed by atoms with Gasteiger partial charge >= 0.3 is 0 Å². The molecule has 5 nitrogen and oxygen atoms in total. The molecule has 6 heteroatoms. The second-order valence-corrected chi connectivity index (χ2v) is 6.47. The van der Waals surface area contributed by atoms with Crippen LogP contribution in [0.25, 0.3) is 0 Å². The summed E-state index contributed by atoms with van der Waals surface area (Å²) < 4.78 is 11.8. The monoisotopic (exact) mass is 423 g/mol. The number of halogens is 1. The van der Waals surface area contributed by atoms with Crippen LogP contribution in [-0.4, -0.2) is 62.5 Å². The fourth-order valence-corrected chi connectivity index (χ4v) is 3.12. The summed E-state index contributed by atoms with van der Waals surface area (Å²) >= 11 is 0. The molecular weight excluding hydrogens is 393 g/mol. The van der Waals surface area contributed by atoms with Gasteiger partial charge in [-0.05, 0) is 44.9 Å². The molecule has 3 aliphatic rings. The molecular formula is C16H30IN3O2.